The van der Waals surface area contributed by atoms with Gasteiger partial charge in [0.1, 0.15) is 18.0 Å². The molecule has 0 bridgehead atoms. The van der Waals surface area contributed by atoms with Crippen LogP contribution < -0.4 is 15.0 Å². The van der Waals surface area contributed by atoms with Gasteiger partial charge in [0.15, 0.2) is 11.6 Å². The molecule has 24 heavy (non-hydrogen) atoms. The maximum atomic E-state index is 13.9. The summed E-state index contributed by atoms with van der Waals surface area (Å²) < 4.78 is 24.2. The molecule has 0 spiro atoms. The third kappa shape index (κ3) is 3.73. The molecule has 1 aromatic heterocycles. The number of halogens is 1. The summed E-state index contributed by atoms with van der Waals surface area (Å²) in [4.78, 5) is 10.7. The predicted molar refractivity (Wildman–Crippen MR) is 90.1 cm³/mol. The summed E-state index contributed by atoms with van der Waals surface area (Å²) in [6.07, 6.45) is 1.54. The largest absolute Gasteiger partial charge is 0.494 e. The third-order valence-corrected chi connectivity index (χ3v) is 4.03. The van der Waals surface area contributed by atoms with Crippen molar-refractivity contribution >= 4 is 11.6 Å². The first-order valence-electron chi connectivity index (χ1n) is 7.92. The highest BCUT2D eigenvalue weighted by Crippen LogP contribution is 2.24. The Kier molecular flexibility index (Phi) is 5.10. The van der Waals surface area contributed by atoms with E-state index in [1.165, 1.54) is 19.5 Å². The molecule has 0 unspecified atom stereocenters. The van der Waals surface area contributed by atoms with Gasteiger partial charge < -0.3 is 19.7 Å². The lowest BCUT2D eigenvalue weighted by Crippen LogP contribution is -2.36. The van der Waals surface area contributed by atoms with E-state index in [0.717, 1.165) is 24.5 Å². The molecular weight excluding hydrogens is 311 g/mol. The smallest absolute Gasteiger partial charge is 0.165 e. The number of nitrogens with one attached hydrogen (secondary N) is 1. The normalized spacial score (nSPS) is 15.9. The first-order valence-corrected chi connectivity index (χ1v) is 7.92. The van der Waals surface area contributed by atoms with Gasteiger partial charge in [-0.2, -0.15) is 0 Å². The molecule has 128 valence electrons. The van der Waals surface area contributed by atoms with Gasteiger partial charge in [-0.25, -0.2) is 14.4 Å². The number of anilines is 2. The van der Waals surface area contributed by atoms with Gasteiger partial charge in [0.05, 0.1) is 26.4 Å². The van der Waals surface area contributed by atoms with Crippen LogP contribution in [-0.2, 0) is 4.74 Å². The fourth-order valence-electron chi connectivity index (χ4n) is 2.65. The summed E-state index contributed by atoms with van der Waals surface area (Å²) in [6, 6.07) is 6.74. The SMILES string of the molecule is COc1ccc([C@@H](C)Nc2cc(N3CCOCC3)ncn2)cc1F. The van der Waals surface area contributed by atoms with Crippen LogP contribution in [-0.4, -0.2) is 43.4 Å². The minimum absolute atomic E-state index is 0.0992. The molecule has 2 aromatic rings. The first kappa shape index (κ1) is 16.4. The van der Waals surface area contributed by atoms with Gasteiger partial charge in [0.25, 0.3) is 0 Å². The number of benzene rings is 1. The van der Waals surface area contributed by atoms with Gasteiger partial charge in [-0.1, -0.05) is 6.07 Å². The Bertz CT molecular complexity index is 692. The van der Waals surface area contributed by atoms with Gasteiger partial charge in [-0.3, -0.25) is 0 Å². The van der Waals surface area contributed by atoms with Gasteiger partial charge in [-0.05, 0) is 24.6 Å². The van der Waals surface area contributed by atoms with Crippen LogP contribution in [0.5, 0.6) is 5.75 Å². The second kappa shape index (κ2) is 7.44. The quantitative estimate of drug-likeness (QED) is 0.908. The summed E-state index contributed by atoms with van der Waals surface area (Å²) in [5, 5.41) is 3.29. The van der Waals surface area contributed by atoms with Crippen molar-refractivity contribution in [3.63, 3.8) is 0 Å². The van der Waals surface area contributed by atoms with Crippen LogP contribution in [0.3, 0.4) is 0 Å². The zero-order valence-corrected chi connectivity index (χ0v) is 13.8. The molecule has 0 aliphatic carbocycles. The average molecular weight is 332 g/mol. The van der Waals surface area contributed by atoms with Crippen molar-refractivity contribution in [1.82, 2.24) is 9.97 Å². The van der Waals surface area contributed by atoms with Gasteiger partial charge in [0, 0.05) is 19.2 Å². The Morgan fingerprint density at radius 2 is 2.04 bits per heavy atom. The van der Waals surface area contributed by atoms with Crippen molar-refractivity contribution in [1.29, 1.82) is 0 Å². The van der Waals surface area contributed by atoms with Crippen LogP contribution in [0.15, 0.2) is 30.6 Å². The summed E-state index contributed by atoms with van der Waals surface area (Å²) in [6.45, 7) is 4.99. The number of methoxy groups -OCH3 is 1. The highest BCUT2D eigenvalue weighted by molar-refractivity contribution is 5.50. The zero-order valence-electron chi connectivity index (χ0n) is 13.8. The van der Waals surface area contributed by atoms with Gasteiger partial charge in [-0.15, -0.1) is 0 Å². The first-order chi connectivity index (χ1) is 11.7. The maximum absolute atomic E-state index is 13.9. The van der Waals surface area contributed by atoms with Crippen LogP contribution in [0, 0.1) is 5.82 Å². The lowest BCUT2D eigenvalue weighted by Gasteiger charge is -2.28. The number of hydrogen-bond donors (Lipinski definition) is 1. The summed E-state index contributed by atoms with van der Waals surface area (Å²) >= 11 is 0. The van der Waals surface area contributed by atoms with Crippen molar-refractivity contribution in [3.8, 4) is 5.75 Å². The van der Waals surface area contributed by atoms with Crippen molar-refractivity contribution < 1.29 is 13.9 Å². The van der Waals surface area contributed by atoms with Crippen molar-refractivity contribution in [2.75, 3.05) is 43.6 Å². The molecule has 1 aliphatic heterocycles. The van der Waals surface area contributed by atoms with Crippen LogP contribution >= 0.6 is 0 Å². The number of ether oxygens (including phenoxy) is 2. The van der Waals surface area contributed by atoms with E-state index in [2.05, 4.69) is 20.2 Å². The number of rotatable bonds is 5. The molecule has 1 aliphatic rings. The minimum atomic E-state index is -0.375. The molecular formula is C17H21FN4O2. The van der Waals surface area contributed by atoms with Crippen LogP contribution in [0.25, 0.3) is 0 Å². The van der Waals surface area contributed by atoms with Gasteiger partial charge in [0.2, 0.25) is 0 Å². The van der Waals surface area contributed by atoms with E-state index >= 15 is 0 Å². The molecule has 0 radical (unpaired) electrons. The summed E-state index contributed by atoms with van der Waals surface area (Å²) in [5.74, 6) is 1.43. The average Bonchev–Trinajstić information content (AvgIpc) is 2.62. The van der Waals surface area contributed by atoms with Crippen LogP contribution in [0.2, 0.25) is 0 Å². The maximum Gasteiger partial charge on any atom is 0.165 e. The van der Waals surface area contributed by atoms with Crippen LogP contribution in [0.1, 0.15) is 18.5 Å². The minimum Gasteiger partial charge on any atom is -0.494 e. The number of nitrogens with zero attached hydrogens (tertiary/aromatic N) is 3. The molecule has 0 saturated carbocycles. The van der Waals surface area contributed by atoms with Crippen LogP contribution in [0.4, 0.5) is 16.0 Å². The summed E-state index contributed by atoms with van der Waals surface area (Å²) in [5.41, 5.74) is 0.819. The molecule has 1 atom stereocenters. The number of hydrogen-bond acceptors (Lipinski definition) is 6. The highest BCUT2D eigenvalue weighted by Gasteiger charge is 2.14. The second-order valence-electron chi connectivity index (χ2n) is 5.62. The Morgan fingerprint density at radius 1 is 1.25 bits per heavy atom. The van der Waals surface area contributed by atoms with E-state index in [1.807, 2.05) is 19.1 Å². The monoisotopic (exact) mass is 332 g/mol. The van der Waals surface area contributed by atoms with Gasteiger partial charge >= 0.3 is 0 Å². The van der Waals surface area contributed by atoms with E-state index in [9.17, 15) is 4.39 Å². The molecule has 6 nitrogen and oxygen atoms in total. The van der Waals surface area contributed by atoms with Crippen molar-refractivity contribution in [3.05, 3.63) is 42.0 Å². The fraction of sp³-hybridized carbons (Fsp3) is 0.412. The zero-order chi connectivity index (χ0) is 16.9. The number of aromatic nitrogens is 2. The highest BCUT2D eigenvalue weighted by atomic mass is 19.1. The van der Waals surface area contributed by atoms with E-state index in [4.69, 9.17) is 9.47 Å². The Balaban J connectivity index is 1.72. The summed E-state index contributed by atoms with van der Waals surface area (Å²) in [7, 11) is 1.45. The molecule has 0 amide bonds. The topological polar surface area (TPSA) is 59.5 Å². The second-order valence-corrected chi connectivity index (χ2v) is 5.62. The lowest BCUT2D eigenvalue weighted by atomic mass is 10.1. The molecule has 1 N–H and O–H groups in total. The molecule has 3 rings (SSSR count). The Morgan fingerprint density at radius 3 is 2.75 bits per heavy atom. The lowest BCUT2D eigenvalue weighted by molar-refractivity contribution is 0.122. The third-order valence-electron chi connectivity index (χ3n) is 4.03. The van der Waals surface area contributed by atoms with E-state index in [0.29, 0.717) is 19.0 Å². The van der Waals surface area contributed by atoms with E-state index in [-0.39, 0.29) is 17.6 Å². The fourth-order valence-corrected chi connectivity index (χ4v) is 2.65. The Labute approximate surface area is 140 Å². The van der Waals surface area contributed by atoms with E-state index in [1.54, 1.807) is 6.07 Å². The molecule has 1 saturated heterocycles. The van der Waals surface area contributed by atoms with Crippen molar-refractivity contribution in [2.45, 2.75) is 13.0 Å². The molecule has 2 heterocycles. The molecule has 1 fully saturated rings. The number of morpholine rings is 1. The van der Waals surface area contributed by atoms with E-state index < -0.39 is 0 Å². The Hall–Kier alpha value is -2.41. The molecule has 1 aromatic carbocycles. The predicted octanol–water partition coefficient (Wildman–Crippen LogP) is 2.63. The van der Waals surface area contributed by atoms with Crippen molar-refractivity contribution in [2.24, 2.45) is 0 Å². The standard InChI is InChI=1S/C17H21FN4O2/c1-12(13-3-4-15(23-2)14(18)9-13)21-16-10-17(20-11-19-16)22-5-7-24-8-6-22/h3-4,9-12H,5-8H2,1-2H3,(H,19,20,21)/t12-/m1/s1. The molecule has 7 heteroatoms.